The lowest BCUT2D eigenvalue weighted by atomic mass is 9.70. The molecule has 0 spiro atoms. The molecule has 1 nitrogen and oxygen atoms in total. The van der Waals surface area contributed by atoms with E-state index >= 15 is 0 Å². The van der Waals surface area contributed by atoms with Crippen molar-refractivity contribution in [2.75, 3.05) is 0 Å². The summed E-state index contributed by atoms with van der Waals surface area (Å²) in [6.45, 7) is 19.8. The predicted octanol–water partition coefficient (Wildman–Crippen LogP) is 10.4. The topological polar surface area (TPSA) is 12.5 Å². The average Bonchev–Trinajstić information content (AvgIpc) is 3.68. The highest BCUT2D eigenvalue weighted by atomic mass is 28.3. The average molecular weight is 592 g/mol. The Balaban J connectivity index is 1.78. The number of rotatable bonds is 11. The van der Waals surface area contributed by atoms with Gasteiger partial charge in [-0.05, 0) is 113 Å². The third kappa shape index (κ3) is 4.04. The molecule has 1 aliphatic heterocycles. The van der Waals surface area contributed by atoms with Gasteiger partial charge in [0.15, 0.2) is 0 Å². The summed E-state index contributed by atoms with van der Waals surface area (Å²) < 4.78 is 7.45. The molecular formula is C41H55OSi-. The number of hydrogen-bond acceptors (Lipinski definition) is 1. The van der Waals surface area contributed by atoms with Crippen LogP contribution in [-0.2, 0) is 31.3 Å². The molecule has 3 aliphatic rings. The van der Waals surface area contributed by atoms with Crippen molar-refractivity contribution in [3.8, 4) is 0 Å². The van der Waals surface area contributed by atoms with Crippen LogP contribution in [-0.4, -0.2) is 9.04 Å². The summed E-state index contributed by atoms with van der Waals surface area (Å²) in [5.74, 6) is 0. The van der Waals surface area contributed by atoms with E-state index in [1.807, 2.05) is 0 Å². The zero-order valence-electron chi connectivity index (χ0n) is 28.3. The van der Waals surface area contributed by atoms with E-state index in [9.17, 15) is 0 Å². The van der Waals surface area contributed by atoms with Crippen LogP contribution in [0.2, 0.25) is 0 Å². The molecule has 43 heavy (non-hydrogen) atoms. The Kier molecular flexibility index (Phi) is 7.91. The van der Waals surface area contributed by atoms with Crippen molar-refractivity contribution in [2.24, 2.45) is 0 Å². The molecule has 0 amide bonds. The maximum Gasteiger partial charge on any atom is -0.00417 e. The largest absolute Gasteiger partial charge is 0.571 e. The first-order valence-electron chi connectivity index (χ1n) is 17.7. The van der Waals surface area contributed by atoms with Gasteiger partial charge in [0.1, 0.15) is 0 Å². The van der Waals surface area contributed by atoms with Crippen molar-refractivity contribution in [3.63, 3.8) is 0 Å². The molecule has 0 N–H and O–H groups in total. The second-order valence-electron chi connectivity index (χ2n) is 14.2. The first-order valence-corrected chi connectivity index (χ1v) is 19.1. The van der Waals surface area contributed by atoms with Gasteiger partial charge in [-0.1, -0.05) is 133 Å². The summed E-state index contributed by atoms with van der Waals surface area (Å²) in [4.78, 5) is 0. The second-order valence-corrected chi connectivity index (χ2v) is 16.3. The van der Waals surface area contributed by atoms with Crippen molar-refractivity contribution in [3.05, 3.63) is 100 Å². The van der Waals surface area contributed by atoms with E-state index in [1.165, 1.54) is 75.3 Å². The monoisotopic (exact) mass is 591 g/mol. The fourth-order valence-electron chi connectivity index (χ4n) is 10.2. The molecule has 2 aliphatic carbocycles. The van der Waals surface area contributed by atoms with E-state index in [0.29, 0.717) is 0 Å². The van der Waals surface area contributed by atoms with Crippen LogP contribution >= 0.6 is 0 Å². The fourth-order valence-corrected chi connectivity index (χ4v) is 13.4. The van der Waals surface area contributed by atoms with Crippen LogP contribution in [0.4, 0.5) is 0 Å². The zero-order valence-corrected chi connectivity index (χ0v) is 29.3. The highest BCUT2D eigenvalue weighted by molar-refractivity contribution is 6.79. The molecule has 0 atom stereocenters. The van der Waals surface area contributed by atoms with E-state index in [0.717, 1.165) is 0 Å². The maximum absolute atomic E-state index is 7.45. The Labute approximate surface area is 264 Å². The molecule has 1 heterocycles. The lowest BCUT2D eigenvalue weighted by Crippen LogP contribution is -2.42. The number of hydrogen-bond donors (Lipinski definition) is 0. The lowest BCUT2D eigenvalue weighted by molar-refractivity contribution is 0.279. The van der Waals surface area contributed by atoms with Gasteiger partial charge in [0.05, 0.1) is 0 Å². The summed E-state index contributed by atoms with van der Waals surface area (Å²) in [5, 5.41) is 1.37. The molecule has 6 rings (SSSR count). The molecule has 0 radical (unpaired) electrons. The molecule has 1 fully saturated rings. The molecule has 230 valence electrons. The third-order valence-corrected chi connectivity index (χ3v) is 16.0. The molecule has 0 saturated carbocycles. The van der Waals surface area contributed by atoms with E-state index < -0.39 is 9.04 Å². The van der Waals surface area contributed by atoms with Gasteiger partial charge in [-0.25, -0.2) is 0 Å². The predicted molar refractivity (Wildman–Crippen MR) is 185 cm³/mol. The second kappa shape index (κ2) is 11.0. The Bertz CT molecular complexity index is 1340. The molecule has 1 saturated heterocycles. The standard InChI is InChI=1S/C41H55OSi/c1-9-37(10-2)28-39(13-5,14-6)34-32(37)27-33-35(40(15-7,16-8)29-38(33,11-3)12-4)36(34)43-41(42-43,30-23-19-17-20-24-30)31-25-21-18-22-26-31/h17-27H,9-16,28-29H2,1-8H3/q-1. The molecule has 2 heteroatoms. The Morgan fingerprint density at radius 2 is 0.860 bits per heavy atom. The Hall–Kier alpha value is -2.16. The van der Waals surface area contributed by atoms with Crippen LogP contribution < -0.4 is 5.19 Å². The lowest BCUT2D eigenvalue weighted by Gasteiger charge is -2.39. The van der Waals surface area contributed by atoms with Crippen LogP contribution in [0.25, 0.3) is 0 Å². The first kappa shape index (κ1) is 30.8. The quantitative estimate of drug-likeness (QED) is 0.160. The van der Waals surface area contributed by atoms with Crippen LogP contribution in [0.5, 0.6) is 0 Å². The van der Waals surface area contributed by atoms with Crippen LogP contribution in [0.15, 0.2) is 66.7 Å². The van der Waals surface area contributed by atoms with Crippen molar-refractivity contribution in [1.29, 1.82) is 0 Å². The van der Waals surface area contributed by atoms with Crippen molar-refractivity contribution < 1.29 is 4.43 Å². The summed E-state index contributed by atoms with van der Waals surface area (Å²) in [7, 11) is -1.42. The van der Waals surface area contributed by atoms with E-state index in [2.05, 4.69) is 122 Å². The number of fused-ring (bicyclic) bond motifs is 2. The molecule has 3 aromatic carbocycles. The van der Waals surface area contributed by atoms with Gasteiger partial charge in [-0.15, -0.1) is 9.04 Å². The molecule has 0 bridgehead atoms. The normalized spacial score (nSPS) is 21.4. The van der Waals surface area contributed by atoms with Crippen molar-refractivity contribution in [2.45, 2.75) is 146 Å². The fraction of sp³-hybridized carbons (Fsp3) is 0.561. The minimum Gasteiger partial charge on any atom is -0.571 e. The van der Waals surface area contributed by atoms with Crippen molar-refractivity contribution >= 4 is 14.2 Å². The molecule has 0 aromatic heterocycles. The first-order chi connectivity index (χ1) is 20.8. The van der Waals surface area contributed by atoms with Gasteiger partial charge in [0.25, 0.3) is 0 Å². The maximum atomic E-state index is 7.45. The molecular weight excluding hydrogens is 537 g/mol. The molecule has 0 unspecified atom stereocenters. The number of benzene rings is 3. The van der Waals surface area contributed by atoms with Gasteiger partial charge >= 0.3 is 0 Å². The van der Waals surface area contributed by atoms with Gasteiger partial charge in [-0.2, -0.15) is 5.19 Å². The van der Waals surface area contributed by atoms with Crippen molar-refractivity contribution in [1.82, 2.24) is 0 Å². The minimum atomic E-state index is -1.42. The summed E-state index contributed by atoms with van der Waals surface area (Å²) in [5.41, 5.74) is 10.5. The van der Waals surface area contributed by atoms with E-state index in [-0.39, 0.29) is 26.9 Å². The van der Waals surface area contributed by atoms with Crippen LogP contribution in [0.1, 0.15) is 153 Å². The Morgan fingerprint density at radius 3 is 1.19 bits per heavy atom. The van der Waals surface area contributed by atoms with Gasteiger partial charge < -0.3 is 4.43 Å². The highest BCUT2D eigenvalue weighted by Gasteiger charge is 2.58. The third-order valence-electron chi connectivity index (χ3n) is 13.4. The van der Waals surface area contributed by atoms with E-state index in [4.69, 9.17) is 4.43 Å². The zero-order chi connectivity index (χ0) is 30.7. The van der Waals surface area contributed by atoms with Crippen LogP contribution in [0.3, 0.4) is 0 Å². The van der Waals surface area contributed by atoms with Gasteiger partial charge in [0, 0.05) is 0 Å². The van der Waals surface area contributed by atoms with Gasteiger partial charge in [0.2, 0.25) is 0 Å². The summed E-state index contributed by atoms with van der Waals surface area (Å²) >= 11 is 0. The van der Waals surface area contributed by atoms with E-state index in [1.54, 1.807) is 27.4 Å². The van der Waals surface area contributed by atoms with Gasteiger partial charge in [-0.3, -0.25) is 0 Å². The minimum absolute atomic E-state index is 0.214. The molecule has 3 aromatic rings. The SMILES string of the molecule is CCC1(CC)CC(CC)(CC)c2c1cc1c(c2[Si-]2OC2(c2ccccc2)c2ccccc2)C(CC)(CC)CC1(CC)CC. The van der Waals surface area contributed by atoms with Crippen LogP contribution in [0, 0.1) is 0 Å². The highest BCUT2D eigenvalue weighted by Crippen LogP contribution is 2.63. The summed E-state index contributed by atoms with van der Waals surface area (Å²) in [6.07, 6.45) is 12.3. The summed E-state index contributed by atoms with van der Waals surface area (Å²) in [6, 6.07) is 25.3. The Morgan fingerprint density at radius 1 is 0.512 bits per heavy atom. The smallest absolute Gasteiger partial charge is 0.00417 e.